The van der Waals surface area contributed by atoms with Crippen LogP contribution in [-0.4, -0.2) is 14.8 Å². The molecule has 0 radical (unpaired) electrons. The van der Waals surface area contributed by atoms with E-state index in [9.17, 15) is 0 Å². The summed E-state index contributed by atoms with van der Waals surface area (Å²) < 4.78 is 1.13. The van der Waals surface area contributed by atoms with Gasteiger partial charge in [-0.2, -0.15) is 10.5 Å². The van der Waals surface area contributed by atoms with Crippen LogP contribution in [0.2, 0.25) is 0 Å². The SMILES string of the molecule is Cn1c(C#N)c(O)c(O)c1C#N. The van der Waals surface area contributed by atoms with Crippen LogP contribution in [0.25, 0.3) is 0 Å². The Bertz CT molecular complexity index is 368. The molecule has 0 atom stereocenters. The van der Waals surface area contributed by atoms with Gasteiger partial charge in [-0.15, -0.1) is 0 Å². The van der Waals surface area contributed by atoms with Gasteiger partial charge in [0.05, 0.1) is 0 Å². The summed E-state index contributed by atoms with van der Waals surface area (Å²) in [5.74, 6) is -1.09. The zero-order valence-corrected chi connectivity index (χ0v) is 6.24. The largest absolute Gasteiger partial charge is 0.502 e. The maximum absolute atomic E-state index is 9.09. The molecule has 5 nitrogen and oxygen atoms in total. The van der Waals surface area contributed by atoms with Gasteiger partial charge < -0.3 is 14.8 Å². The molecule has 5 heteroatoms. The van der Waals surface area contributed by atoms with Crippen LogP contribution in [0.4, 0.5) is 0 Å². The molecule has 0 bridgehead atoms. The minimum Gasteiger partial charge on any atom is -0.502 e. The lowest BCUT2D eigenvalue weighted by atomic mass is 10.4. The average molecular weight is 163 g/mol. The summed E-state index contributed by atoms with van der Waals surface area (Å²) in [5, 5.41) is 35.1. The molecule has 0 aromatic carbocycles. The molecule has 60 valence electrons. The van der Waals surface area contributed by atoms with Crippen LogP contribution >= 0.6 is 0 Å². The van der Waals surface area contributed by atoms with Gasteiger partial charge in [0.15, 0.2) is 22.9 Å². The third-order valence-corrected chi connectivity index (χ3v) is 1.56. The fourth-order valence-electron chi connectivity index (χ4n) is 0.910. The summed E-state index contributed by atoms with van der Waals surface area (Å²) in [4.78, 5) is 0. The van der Waals surface area contributed by atoms with E-state index in [0.29, 0.717) is 0 Å². The highest BCUT2D eigenvalue weighted by atomic mass is 16.3. The molecule has 0 aliphatic heterocycles. The van der Waals surface area contributed by atoms with Crippen LogP contribution in [0.3, 0.4) is 0 Å². The van der Waals surface area contributed by atoms with Gasteiger partial charge in [-0.1, -0.05) is 0 Å². The Morgan fingerprint density at radius 2 is 1.42 bits per heavy atom. The molecule has 1 heterocycles. The highest BCUT2D eigenvalue weighted by Gasteiger charge is 2.19. The lowest BCUT2D eigenvalue weighted by Crippen LogP contribution is -1.94. The van der Waals surface area contributed by atoms with Crippen LogP contribution in [0.5, 0.6) is 11.5 Å². The standard InChI is InChI=1S/C7H5N3O2/c1-10-4(2-8)6(11)7(12)5(10)3-9/h11-12H,1H3. The van der Waals surface area contributed by atoms with Crippen LogP contribution < -0.4 is 0 Å². The number of aromatic hydroxyl groups is 2. The second-order valence-corrected chi connectivity index (χ2v) is 2.18. The van der Waals surface area contributed by atoms with Crippen molar-refractivity contribution in [2.75, 3.05) is 0 Å². The topological polar surface area (TPSA) is 93.0 Å². The van der Waals surface area contributed by atoms with Crippen LogP contribution in [-0.2, 0) is 7.05 Å². The van der Waals surface area contributed by atoms with E-state index in [2.05, 4.69) is 0 Å². The lowest BCUT2D eigenvalue weighted by molar-refractivity contribution is 0.406. The minimum atomic E-state index is -0.545. The third kappa shape index (κ3) is 0.774. The van der Waals surface area contributed by atoms with Crippen LogP contribution in [0.1, 0.15) is 11.4 Å². The second kappa shape index (κ2) is 2.48. The first-order valence-corrected chi connectivity index (χ1v) is 3.04. The highest BCUT2D eigenvalue weighted by molar-refractivity contribution is 5.56. The van der Waals surface area contributed by atoms with E-state index in [1.165, 1.54) is 7.05 Å². The summed E-state index contributed by atoms with van der Waals surface area (Å²) in [6, 6.07) is 3.32. The molecule has 2 N–H and O–H groups in total. The molecule has 0 unspecified atom stereocenters. The maximum atomic E-state index is 9.09. The van der Waals surface area contributed by atoms with Crippen molar-refractivity contribution in [3.63, 3.8) is 0 Å². The summed E-state index contributed by atoms with van der Waals surface area (Å²) in [7, 11) is 1.41. The number of nitrogens with zero attached hydrogens (tertiary/aromatic N) is 3. The van der Waals surface area contributed by atoms with Gasteiger partial charge in [-0.05, 0) is 0 Å². The Morgan fingerprint density at radius 3 is 1.58 bits per heavy atom. The van der Waals surface area contributed by atoms with E-state index < -0.39 is 11.5 Å². The van der Waals surface area contributed by atoms with Crippen molar-refractivity contribution >= 4 is 0 Å². The zero-order chi connectivity index (χ0) is 9.30. The van der Waals surface area contributed by atoms with Gasteiger partial charge in [0.2, 0.25) is 0 Å². The van der Waals surface area contributed by atoms with Crippen LogP contribution in [0.15, 0.2) is 0 Å². The molecule has 0 fully saturated rings. The van der Waals surface area contributed by atoms with E-state index in [4.69, 9.17) is 20.7 Å². The molecule has 0 aliphatic carbocycles. The molecule has 0 saturated heterocycles. The average Bonchev–Trinajstić information content (AvgIpc) is 2.25. The van der Waals surface area contributed by atoms with Gasteiger partial charge in [0, 0.05) is 7.05 Å². The quantitative estimate of drug-likeness (QED) is 0.570. The number of aromatic nitrogens is 1. The van der Waals surface area contributed by atoms with Crippen molar-refractivity contribution in [1.29, 1.82) is 10.5 Å². The maximum Gasteiger partial charge on any atom is 0.195 e. The molecular weight excluding hydrogens is 158 g/mol. The van der Waals surface area contributed by atoms with E-state index in [1.54, 1.807) is 12.1 Å². The fourth-order valence-corrected chi connectivity index (χ4v) is 0.910. The van der Waals surface area contributed by atoms with E-state index in [-0.39, 0.29) is 11.4 Å². The Balaban J connectivity index is 3.59. The van der Waals surface area contributed by atoms with Crippen molar-refractivity contribution in [3.8, 4) is 23.6 Å². The summed E-state index contributed by atoms with van der Waals surface area (Å²) in [5.41, 5.74) is -0.242. The second-order valence-electron chi connectivity index (χ2n) is 2.18. The van der Waals surface area contributed by atoms with Crippen molar-refractivity contribution in [2.24, 2.45) is 7.05 Å². The minimum absolute atomic E-state index is 0.121. The Hall–Kier alpha value is -2.14. The molecular formula is C7H5N3O2. The first-order chi connectivity index (χ1) is 5.63. The molecule has 1 aromatic rings. The van der Waals surface area contributed by atoms with Gasteiger partial charge in [-0.3, -0.25) is 0 Å². The third-order valence-electron chi connectivity index (χ3n) is 1.56. The molecule has 1 rings (SSSR count). The highest BCUT2D eigenvalue weighted by Crippen LogP contribution is 2.33. The molecule has 0 amide bonds. The Kier molecular flexibility index (Phi) is 1.64. The van der Waals surface area contributed by atoms with E-state index >= 15 is 0 Å². The number of rotatable bonds is 0. The van der Waals surface area contributed by atoms with Crippen molar-refractivity contribution in [1.82, 2.24) is 4.57 Å². The van der Waals surface area contributed by atoms with E-state index in [1.807, 2.05) is 0 Å². The van der Waals surface area contributed by atoms with Gasteiger partial charge in [0.1, 0.15) is 12.1 Å². The number of hydrogen-bond acceptors (Lipinski definition) is 4. The molecule has 1 aromatic heterocycles. The van der Waals surface area contributed by atoms with Gasteiger partial charge in [-0.25, -0.2) is 0 Å². The number of nitriles is 2. The van der Waals surface area contributed by atoms with E-state index in [0.717, 1.165) is 4.57 Å². The predicted molar refractivity (Wildman–Crippen MR) is 38.2 cm³/mol. The summed E-state index contributed by atoms with van der Waals surface area (Å²) >= 11 is 0. The van der Waals surface area contributed by atoms with Crippen molar-refractivity contribution in [3.05, 3.63) is 11.4 Å². The Labute approximate surface area is 68.3 Å². The molecule has 0 aliphatic rings. The predicted octanol–water partition coefficient (Wildman–Crippen LogP) is 0.180. The van der Waals surface area contributed by atoms with Crippen LogP contribution in [0, 0.1) is 22.7 Å². The van der Waals surface area contributed by atoms with Gasteiger partial charge >= 0.3 is 0 Å². The normalized spacial score (nSPS) is 8.92. The zero-order valence-electron chi connectivity index (χ0n) is 6.24. The van der Waals surface area contributed by atoms with Gasteiger partial charge in [0.25, 0.3) is 0 Å². The monoisotopic (exact) mass is 163 g/mol. The summed E-state index contributed by atoms with van der Waals surface area (Å²) in [6.45, 7) is 0. The van der Waals surface area contributed by atoms with Crippen molar-refractivity contribution < 1.29 is 10.2 Å². The molecule has 0 spiro atoms. The fraction of sp³-hybridized carbons (Fsp3) is 0.143. The number of hydrogen-bond donors (Lipinski definition) is 2. The molecule has 12 heavy (non-hydrogen) atoms. The summed E-state index contributed by atoms with van der Waals surface area (Å²) in [6.07, 6.45) is 0. The lowest BCUT2D eigenvalue weighted by Gasteiger charge is -1.91. The first kappa shape index (κ1) is 7.96. The smallest absolute Gasteiger partial charge is 0.195 e. The molecule has 0 saturated carbocycles. The van der Waals surface area contributed by atoms with Crippen molar-refractivity contribution in [2.45, 2.75) is 0 Å². The Morgan fingerprint density at radius 1 is 1.08 bits per heavy atom. The first-order valence-electron chi connectivity index (χ1n) is 3.04.